The number of rotatable bonds is 5. The van der Waals surface area contributed by atoms with Crippen LogP contribution in [0.2, 0.25) is 0 Å². The van der Waals surface area contributed by atoms with Gasteiger partial charge in [0.2, 0.25) is 0 Å². The third-order valence-electron chi connectivity index (χ3n) is 4.84. The van der Waals surface area contributed by atoms with E-state index in [1.807, 2.05) is 12.1 Å². The SMILES string of the molecule is CN(C(=O)c1ccc(N2CCN(C([S-])[S-])CC2)cc1)c1ccc([N+](=O)[O-])cc1.[Au]. The van der Waals surface area contributed by atoms with Crippen molar-refractivity contribution in [3.8, 4) is 0 Å². The van der Waals surface area contributed by atoms with E-state index in [9.17, 15) is 14.9 Å². The first-order valence-electron chi connectivity index (χ1n) is 8.80. The topological polar surface area (TPSA) is 69.9 Å². The molecule has 1 aliphatic heterocycles. The molecule has 1 amide bonds. The molecule has 0 spiro atoms. The second-order valence-corrected chi connectivity index (χ2v) is 7.71. The third kappa shape index (κ3) is 5.78. The molecule has 1 radical (unpaired) electrons. The van der Waals surface area contributed by atoms with E-state index >= 15 is 0 Å². The first-order valence-corrected chi connectivity index (χ1v) is 9.74. The van der Waals surface area contributed by atoms with E-state index in [4.69, 9.17) is 25.3 Å². The molecular weight excluding hydrogens is 593 g/mol. The standard InChI is InChI=1S/C19H22N4O3S2.Au/c1-20(15-6-8-17(9-7-15)23(25)26)18(24)14-2-4-16(5-3-14)21-10-12-22(13-11-21)19(27)28;/h2-9,19,27-28H,10-13H2,1H3;/p-2. The summed E-state index contributed by atoms with van der Waals surface area (Å²) in [5, 5.41) is 10.8. The molecule has 2 aromatic carbocycles. The van der Waals surface area contributed by atoms with Crippen LogP contribution in [0.25, 0.3) is 0 Å². The Labute approximate surface area is 196 Å². The average Bonchev–Trinajstić information content (AvgIpc) is 2.73. The summed E-state index contributed by atoms with van der Waals surface area (Å²) in [4.78, 5) is 28.8. The molecule has 1 aliphatic rings. The van der Waals surface area contributed by atoms with Gasteiger partial charge in [0.25, 0.3) is 11.6 Å². The van der Waals surface area contributed by atoms with Gasteiger partial charge in [-0.05, 0) is 36.4 Å². The second-order valence-electron chi connectivity index (χ2n) is 6.51. The number of hydrogen-bond donors (Lipinski definition) is 0. The maximum absolute atomic E-state index is 12.7. The van der Waals surface area contributed by atoms with Crippen LogP contribution in [0.5, 0.6) is 0 Å². The quantitative estimate of drug-likeness (QED) is 0.222. The predicted octanol–water partition coefficient (Wildman–Crippen LogP) is 2.37. The largest absolute Gasteiger partial charge is 0.800 e. The summed E-state index contributed by atoms with van der Waals surface area (Å²) in [7, 11) is 1.65. The van der Waals surface area contributed by atoms with E-state index in [0.29, 0.717) is 11.3 Å². The maximum atomic E-state index is 12.7. The second kappa shape index (κ2) is 10.5. The molecule has 29 heavy (non-hydrogen) atoms. The molecule has 0 unspecified atom stereocenters. The van der Waals surface area contributed by atoms with Crippen LogP contribution in [-0.2, 0) is 47.6 Å². The Balaban J connectivity index is 0.00000300. The van der Waals surface area contributed by atoms with Crippen molar-refractivity contribution in [2.24, 2.45) is 0 Å². The fourth-order valence-corrected chi connectivity index (χ4v) is 3.54. The van der Waals surface area contributed by atoms with Gasteiger partial charge >= 0.3 is 0 Å². The Bertz CT molecular complexity index is 842. The van der Waals surface area contributed by atoms with E-state index in [-0.39, 0.29) is 38.7 Å². The molecule has 3 rings (SSSR count). The summed E-state index contributed by atoms with van der Waals surface area (Å²) in [6.45, 7) is 3.36. The number of piperazine rings is 1. The maximum Gasteiger partial charge on any atom is 0.269 e. The number of nitrogens with zero attached hydrogens (tertiary/aromatic N) is 4. The number of benzene rings is 2. The van der Waals surface area contributed by atoms with Crippen LogP contribution < -0.4 is 9.80 Å². The number of nitro benzene ring substituents is 1. The monoisotopic (exact) mass is 613 g/mol. The third-order valence-corrected chi connectivity index (χ3v) is 5.44. The van der Waals surface area contributed by atoms with E-state index in [1.165, 1.54) is 17.0 Å². The van der Waals surface area contributed by atoms with Crippen LogP contribution >= 0.6 is 0 Å². The van der Waals surface area contributed by atoms with Crippen molar-refractivity contribution in [3.05, 3.63) is 64.2 Å². The molecule has 0 bridgehead atoms. The first-order chi connectivity index (χ1) is 13.4. The fourth-order valence-electron chi connectivity index (χ4n) is 3.11. The summed E-state index contributed by atoms with van der Waals surface area (Å²) in [5.41, 5.74) is 2.20. The van der Waals surface area contributed by atoms with E-state index in [1.54, 1.807) is 31.3 Å². The van der Waals surface area contributed by atoms with Gasteiger partial charge in [0.05, 0.1) is 4.92 Å². The van der Waals surface area contributed by atoms with E-state index < -0.39 is 4.92 Å². The van der Waals surface area contributed by atoms with Crippen molar-refractivity contribution in [2.75, 3.05) is 43.0 Å². The number of nitro groups is 1. The number of non-ortho nitro benzene ring substituents is 1. The van der Waals surface area contributed by atoms with Crippen LogP contribution in [0.1, 0.15) is 10.4 Å². The smallest absolute Gasteiger partial charge is 0.269 e. The Kier molecular flexibility index (Phi) is 8.62. The van der Waals surface area contributed by atoms with Crippen LogP contribution in [0.3, 0.4) is 0 Å². The van der Waals surface area contributed by atoms with Gasteiger partial charge in [-0.1, -0.05) is 0 Å². The zero-order chi connectivity index (χ0) is 20.3. The molecular formula is C19H20AuN4O3S2-2. The number of hydrogen-bond acceptors (Lipinski definition) is 7. The van der Waals surface area contributed by atoms with Gasteiger partial charge < -0.3 is 40.0 Å². The Morgan fingerprint density at radius 1 is 1.03 bits per heavy atom. The molecule has 7 nitrogen and oxygen atoms in total. The molecule has 1 saturated heterocycles. The van der Waals surface area contributed by atoms with Crippen LogP contribution in [0, 0.1) is 10.1 Å². The van der Waals surface area contributed by atoms with Gasteiger partial charge in [-0.15, -0.1) is 0 Å². The van der Waals surface area contributed by atoms with Gasteiger partial charge in [-0.2, -0.15) is 0 Å². The molecule has 159 valence electrons. The number of carbonyl (C=O) groups excluding carboxylic acids is 1. The summed E-state index contributed by atoms with van der Waals surface area (Å²) >= 11 is 10.3. The van der Waals surface area contributed by atoms with Crippen molar-refractivity contribution in [1.82, 2.24) is 4.90 Å². The summed E-state index contributed by atoms with van der Waals surface area (Å²) < 4.78 is -0.267. The molecule has 0 atom stereocenters. The average molecular weight is 613 g/mol. The van der Waals surface area contributed by atoms with Crippen molar-refractivity contribution >= 4 is 48.2 Å². The molecule has 1 heterocycles. The van der Waals surface area contributed by atoms with Crippen LogP contribution in [0.4, 0.5) is 17.1 Å². The van der Waals surface area contributed by atoms with Gasteiger partial charge in [-0.3, -0.25) is 14.9 Å². The zero-order valence-corrected chi connectivity index (χ0v) is 19.5. The summed E-state index contributed by atoms with van der Waals surface area (Å²) in [5.74, 6) is -0.176. The molecule has 1 fully saturated rings. The molecule has 0 aliphatic carbocycles. The van der Waals surface area contributed by atoms with Gasteiger partial charge in [-0.25, -0.2) is 4.71 Å². The van der Waals surface area contributed by atoms with Crippen LogP contribution in [0.15, 0.2) is 48.5 Å². The molecule has 0 aromatic heterocycles. The molecule has 0 N–H and O–H groups in total. The fraction of sp³-hybridized carbons (Fsp3) is 0.316. The summed E-state index contributed by atoms with van der Waals surface area (Å²) in [6.07, 6.45) is 0. The number of anilines is 2. The van der Waals surface area contributed by atoms with Crippen LogP contribution in [-0.4, -0.2) is 53.7 Å². The zero-order valence-electron chi connectivity index (χ0n) is 15.7. The molecule has 2 aromatic rings. The Morgan fingerprint density at radius 3 is 2.07 bits per heavy atom. The minimum atomic E-state index is -0.465. The number of carbonyl (C=O) groups is 1. The number of amides is 1. The van der Waals surface area contributed by atoms with Gasteiger partial charge in [0.1, 0.15) is 0 Å². The van der Waals surface area contributed by atoms with Crippen molar-refractivity contribution in [3.63, 3.8) is 0 Å². The van der Waals surface area contributed by atoms with Crippen molar-refractivity contribution < 1.29 is 32.1 Å². The van der Waals surface area contributed by atoms with Crippen molar-refractivity contribution in [1.29, 1.82) is 0 Å². The van der Waals surface area contributed by atoms with Crippen molar-refractivity contribution in [2.45, 2.75) is 4.71 Å². The van der Waals surface area contributed by atoms with E-state index in [0.717, 1.165) is 31.9 Å². The Hall–Kier alpha value is -1.49. The Morgan fingerprint density at radius 2 is 1.59 bits per heavy atom. The summed E-state index contributed by atoms with van der Waals surface area (Å²) in [6, 6.07) is 13.4. The predicted molar refractivity (Wildman–Crippen MR) is 115 cm³/mol. The van der Waals surface area contributed by atoms with E-state index in [2.05, 4.69) is 9.80 Å². The molecule has 10 heteroatoms. The molecule has 0 saturated carbocycles. The van der Waals surface area contributed by atoms with Gasteiger partial charge in [0.15, 0.2) is 0 Å². The first kappa shape index (κ1) is 23.8. The van der Waals surface area contributed by atoms with Gasteiger partial charge in [0, 0.05) is 84.7 Å². The normalized spacial score (nSPS) is 14.4. The minimum absolute atomic E-state index is 0. The minimum Gasteiger partial charge on any atom is -0.800 e.